The van der Waals surface area contributed by atoms with Gasteiger partial charge in [-0.05, 0) is 49.9 Å². The number of benzene rings is 1. The molecule has 1 aliphatic heterocycles. The third-order valence-corrected chi connectivity index (χ3v) is 5.61. The van der Waals surface area contributed by atoms with E-state index in [1.807, 2.05) is 6.07 Å². The number of carbonyl (C=O) groups excluding carboxylic acids is 1. The van der Waals surface area contributed by atoms with E-state index in [0.29, 0.717) is 6.54 Å². The Hall–Kier alpha value is -1.59. The highest BCUT2D eigenvalue weighted by Crippen LogP contribution is 2.24. The number of aliphatic hydroxyl groups excluding tert-OH is 1. The van der Waals surface area contributed by atoms with Crippen LogP contribution in [-0.4, -0.2) is 41.8 Å². The number of carbonyl (C=O) groups is 1. The fourth-order valence-electron chi connectivity index (χ4n) is 4.08. The molecule has 1 aromatic carbocycles. The van der Waals surface area contributed by atoms with E-state index in [2.05, 4.69) is 33.7 Å². The van der Waals surface area contributed by atoms with Crippen LogP contribution in [0.1, 0.15) is 49.7 Å². The molecule has 1 aromatic rings. The van der Waals surface area contributed by atoms with Gasteiger partial charge in [-0.1, -0.05) is 37.1 Å². The van der Waals surface area contributed by atoms with Gasteiger partial charge in [0.25, 0.3) is 0 Å². The van der Waals surface area contributed by atoms with Gasteiger partial charge in [-0.2, -0.15) is 0 Å². The van der Waals surface area contributed by atoms with E-state index in [-0.39, 0.29) is 24.6 Å². The van der Waals surface area contributed by atoms with Crippen molar-refractivity contribution in [3.63, 3.8) is 0 Å². The first kappa shape index (κ1) is 18.2. The van der Waals surface area contributed by atoms with Crippen molar-refractivity contribution >= 4 is 6.03 Å². The van der Waals surface area contributed by atoms with Gasteiger partial charge in [-0.3, -0.25) is 4.90 Å². The van der Waals surface area contributed by atoms with Crippen LogP contribution in [0.5, 0.6) is 0 Å². The largest absolute Gasteiger partial charge is 0.396 e. The predicted molar refractivity (Wildman–Crippen MR) is 99.2 cm³/mol. The van der Waals surface area contributed by atoms with Crippen LogP contribution in [0.25, 0.3) is 0 Å². The van der Waals surface area contributed by atoms with Gasteiger partial charge in [0.1, 0.15) is 0 Å². The van der Waals surface area contributed by atoms with Gasteiger partial charge < -0.3 is 15.7 Å². The van der Waals surface area contributed by atoms with Gasteiger partial charge in [-0.25, -0.2) is 4.79 Å². The van der Waals surface area contributed by atoms with Crippen molar-refractivity contribution in [2.45, 2.75) is 57.7 Å². The van der Waals surface area contributed by atoms with Crippen LogP contribution in [-0.2, 0) is 13.1 Å². The number of rotatable bonds is 6. The Labute approximate surface area is 150 Å². The molecule has 25 heavy (non-hydrogen) atoms. The van der Waals surface area contributed by atoms with Crippen LogP contribution in [0.2, 0.25) is 0 Å². The van der Waals surface area contributed by atoms with E-state index in [4.69, 9.17) is 0 Å². The number of nitrogens with zero attached hydrogens (tertiary/aromatic N) is 1. The highest BCUT2D eigenvalue weighted by Gasteiger charge is 2.25. The number of nitrogens with one attached hydrogen (secondary N) is 2. The highest BCUT2D eigenvalue weighted by molar-refractivity contribution is 5.74. The molecule has 138 valence electrons. The van der Waals surface area contributed by atoms with E-state index in [9.17, 15) is 9.90 Å². The third kappa shape index (κ3) is 5.19. The maximum absolute atomic E-state index is 12.3. The van der Waals surface area contributed by atoms with Crippen LogP contribution in [0.4, 0.5) is 4.79 Å². The minimum atomic E-state index is -0.124. The quantitative estimate of drug-likeness (QED) is 0.743. The Kier molecular flexibility index (Phi) is 6.70. The monoisotopic (exact) mass is 345 g/mol. The molecule has 5 heteroatoms. The van der Waals surface area contributed by atoms with Gasteiger partial charge in [0.05, 0.1) is 0 Å². The number of amides is 2. The molecule has 3 N–H and O–H groups in total. The van der Waals surface area contributed by atoms with Crippen molar-refractivity contribution in [2.75, 3.05) is 19.7 Å². The lowest BCUT2D eigenvalue weighted by Crippen LogP contribution is -2.47. The smallest absolute Gasteiger partial charge is 0.315 e. The van der Waals surface area contributed by atoms with Crippen molar-refractivity contribution in [2.24, 2.45) is 5.92 Å². The maximum Gasteiger partial charge on any atom is 0.315 e. The van der Waals surface area contributed by atoms with E-state index in [1.165, 1.54) is 37.1 Å². The number of hydrogen-bond acceptors (Lipinski definition) is 3. The summed E-state index contributed by atoms with van der Waals surface area (Å²) in [5.41, 5.74) is 2.49. The molecule has 1 heterocycles. The van der Waals surface area contributed by atoms with Crippen LogP contribution >= 0.6 is 0 Å². The van der Waals surface area contributed by atoms with Gasteiger partial charge >= 0.3 is 6.03 Å². The van der Waals surface area contributed by atoms with Crippen molar-refractivity contribution in [1.82, 2.24) is 15.5 Å². The van der Waals surface area contributed by atoms with Gasteiger partial charge in [0, 0.05) is 31.7 Å². The molecule has 3 rings (SSSR count). The maximum atomic E-state index is 12.3. The SMILES string of the molecule is O=C(NCc1ccccc1CN1CCCC1)N[C@@H]1CCCC[C@@H]1CO. The van der Waals surface area contributed by atoms with Gasteiger partial charge in [0.15, 0.2) is 0 Å². The van der Waals surface area contributed by atoms with Gasteiger partial charge in [-0.15, -0.1) is 0 Å². The molecule has 2 amide bonds. The summed E-state index contributed by atoms with van der Waals surface area (Å²) >= 11 is 0. The molecule has 1 saturated heterocycles. The second-order valence-electron chi connectivity index (χ2n) is 7.41. The third-order valence-electron chi connectivity index (χ3n) is 5.61. The summed E-state index contributed by atoms with van der Waals surface area (Å²) in [5, 5.41) is 15.5. The van der Waals surface area contributed by atoms with Crippen molar-refractivity contribution in [3.05, 3.63) is 35.4 Å². The molecule has 0 spiro atoms. The van der Waals surface area contributed by atoms with Crippen molar-refractivity contribution in [1.29, 1.82) is 0 Å². The van der Waals surface area contributed by atoms with Crippen LogP contribution in [0, 0.1) is 5.92 Å². The number of hydrogen-bond donors (Lipinski definition) is 3. The van der Waals surface area contributed by atoms with E-state index in [1.54, 1.807) is 0 Å². The average molecular weight is 345 g/mol. The Bertz CT molecular complexity index is 558. The fourth-order valence-corrected chi connectivity index (χ4v) is 4.08. The number of aliphatic hydroxyl groups is 1. The Morgan fingerprint density at radius 3 is 2.56 bits per heavy atom. The standard InChI is InChI=1S/C20H31N3O2/c24-15-18-9-3-4-10-19(18)22-20(25)21-13-16-7-1-2-8-17(16)14-23-11-5-6-12-23/h1-2,7-8,18-19,24H,3-6,9-15H2,(H2,21,22,25)/t18-,19-/m1/s1. The number of urea groups is 1. The summed E-state index contributed by atoms with van der Waals surface area (Å²) < 4.78 is 0. The van der Waals surface area contributed by atoms with Crippen LogP contribution in [0.15, 0.2) is 24.3 Å². The zero-order chi connectivity index (χ0) is 17.5. The summed E-state index contributed by atoms with van der Waals surface area (Å²) in [5.74, 6) is 0.196. The van der Waals surface area contributed by atoms with E-state index >= 15 is 0 Å². The minimum Gasteiger partial charge on any atom is -0.396 e. The lowest BCUT2D eigenvalue weighted by Gasteiger charge is -2.30. The summed E-state index contributed by atoms with van der Waals surface area (Å²) in [6, 6.07) is 8.34. The first-order valence-electron chi connectivity index (χ1n) is 9.70. The molecule has 2 atom stereocenters. The lowest BCUT2D eigenvalue weighted by atomic mass is 9.85. The molecular weight excluding hydrogens is 314 g/mol. The van der Waals surface area contributed by atoms with E-state index in [0.717, 1.165) is 32.2 Å². The summed E-state index contributed by atoms with van der Waals surface area (Å²) in [6.45, 7) is 4.02. The average Bonchev–Trinajstić information content (AvgIpc) is 3.14. The minimum absolute atomic E-state index is 0.0959. The molecular formula is C20H31N3O2. The van der Waals surface area contributed by atoms with Crippen LogP contribution in [0.3, 0.4) is 0 Å². The summed E-state index contributed by atoms with van der Waals surface area (Å²) in [4.78, 5) is 14.8. The van der Waals surface area contributed by atoms with Crippen LogP contribution < -0.4 is 10.6 Å². The molecule has 1 aliphatic carbocycles. The Morgan fingerprint density at radius 1 is 1.08 bits per heavy atom. The number of likely N-dealkylation sites (tertiary alicyclic amines) is 1. The zero-order valence-electron chi connectivity index (χ0n) is 15.0. The predicted octanol–water partition coefficient (Wildman–Crippen LogP) is 2.63. The molecule has 2 fully saturated rings. The molecule has 1 saturated carbocycles. The highest BCUT2D eigenvalue weighted by atomic mass is 16.3. The summed E-state index contributed by atoms with van der Waals surface area (Å²) in [7, 11) is 0. The second-order valence-corrected chi connectivity index (χ2v) is 7.41. The zero-order valence-corrected chi connectivity index (χ0v) is 15.0. The molecule has 0 aromatic heterocycles. The molecule has 5 nitrogen and oxygen atoms in total. The Morgan fingerprint density at radius 2 is 1.80 bits per heavy atom. The molecule has 0 bridgehead atoms. The first-order chi connectivity index (χ1) is 12.3. The van der Waals surface area contributed by atoms with Crippen molar-refractivity contribution < 1.29 is 9.90 Å². The van der Waals surface area contributed by atoms with E-state index < -0.39 is 0 Å². The topological polar surface area (TPSA) is 64.6 Å². The second kappa shape index (κ2) is 9.20. The van der Waals surface area contributed by atoms with Gasteiger partial charge in [0.2, 0.25) is 0 Å². The normalized spacial score (nSPS) is 24.2. The van der Waals surface area contributed by atoms with Crippen molar-refractivity contribution in [3.8, 4) is 0 Å². The summed E-state index contributed by atoms with van der Waals surface area (Å²) in [6.07, 6.45) is 6.81. The Balaban J connectivity index is 1.51. The first-order valence-corrected chi connectivity index (χ1v) is 9.70. The molecule has 0 radical (unpaired) electrons. The molecule has 2 aliphatic rings. The molecule has 0 unspecified atom stereocenters. The lowest BCUT2D eigenvalue weighted by molar-refractivity contribution is 0.153. The fraction of sp³-hybridized carbons (Fsp3) is 0.650.